The highest BCUT2D eigenvalue weighted by Gasteiger charge is 2.11. The van der Waals surface area contributed by atoms with Crippen molar-refractivity contribution >= 4 is 5.91 Å². The maximum atomic E-state index is 11.4. The fraction of sp³-hybridized carbons (Fsp3) is 0.944. The second-order valence-electron chi connectivity index (χ2n) is 6.18. The SMILES string of the molecule is CCC.CCCCN(CCCCCN1CCCC1)C(C)=O. The average molecular weight is 299 g/mol. The number of likely N-dealkylation sites (tertiary alicyclic amines) is 1. The van der Waals surface area contributed by atoms with Crippen molar-refractivity contribution in [3.63, 3.8) is 0 Å². The first-order chi connectivity index (χ1) is 10.2. The lowest BCUT2D eigenvalue weighted by Crippen LogP contribution is -2.30. The Morgan fingerprint density at radius 2 is 1.52 bits per heavy atom. The summed E-state index contributed by atoms with van der Waals surface area (Å²) in [5.41, 5.74) is 0. The van der Waals surface area contributed by atoms with Crippen molar-refractivity contribution < 1.29 is 4.79 Å². The summed E-state index contributed by atoms with van der Waals surface area (Å²) in [6.07, 6.45) is 10.0. The van der Waals surface area contributed by atoms with Crippen LogP contribution in [0.15, 0.2) is 0 Å². The van der Waals surface area contributed by atoms with Gasteiger partial charge in [0.1, 0.15) is 0 Å². The van der Waals surface area contributed by atoms with Gasteiger partial charge < -0.3 is 9.80 Å². The maximum absolute atomic E-state index is 11.4. The summed E-state index contributed by atoms with van der Waals surface area (Å²) in [4.78, 5) is 16.0. The molecule has 1 amide bonds. The molecule has 1 aliphatic heterocycles. The molecule has 1 heterocycles. The number of amides is 1. The molecule has 126 valence electrons. The number of nitrogens with zero attached hydrogens (tertiary/aromatic N) is 2. The Hall–Kier alpha value is -0.570. The fourth-order valence-corrected chi connectivity index (χ4v) is 2.60. The van der Waals surface area contributed by atoms with Gasteiger partial charge in [0.15, 0.2) is 0 Å². The Morgan fingerprint density at radius 1 is 0.952 bits per heavy atom. The molecule has 1 rings (SSSR count). The molecule has 0 bridgehead atoms. The molecule has 0 radical (unpaired) electrons. The highest BCUT2D eigenvalue weighted by Crippen LogP contribution is 2.09. The Balaban J connectivity index is 0.00000122. The van der Waals surface area contributed by atoms with E-state index >= 15 is 0 Å². The molecule has 3 nitrogen and oxygen atoms in total. The minimum absolute atomic E-state index is 0.239. The first-order valence-corrected chi connectivity index (χ1v) is 9.13. The first-order valence-electron chi connectivity index (χ1n) is 9.13. The summed E-state index contributed by atoms with van der Waals surface area (Å²) in [6.45, 7) is 13.9. The van der Waals surface area contributed by atoms with Crippen molar-refractivity contribution in [3.05, 3.63) is 0 Å². The summed E-state index contributed by atoms with van der Waals surface area (Å²) in [7, 11) is 0. The van der Waals surface area contributed by atoms with Crippen LogP contribution in [0.5, 0.6) is 0 Å². The van der Waals surface area contributed by atoms with Crippen molar-refractivity contribution in [1.29, 1.82) is 0 Å². The largest absolute Gasteiger partial charge is 0.343 e. The Labute approximate surface area is 133 Å². The quantitative estimate of drug-likeness (QED) is 0.592. The van der Waals surface area contributed by atoms with E-state index < -0.39 is 0 Å². The molecule has 0 unspecified atom stereocenters. The molecule has 0 atom stereocenters. The van der Waals surface area contributed by atoms with Gasteiger partial charge in [-0.05, 0) is 51.7 Å². The molecule has 0 N–H and O–H groups in total. The lowest BCUT2D eigenvalue weighted by molar-refractivity contribution is -0.129. The lowest BCUT2D eigenvalue weighted by atomic mass is 10.2. The van der Waals surface area contributed by atoms with Crippen molar-refractivity contribution in [1.82, 2.24) is 9.80 Å². The molecule has 3 heteroatoms. The van der Waals surface area contributed by atoms with Crippen LogP contribution in [-0.2, 0) is 4.79 Å². The molecule has 0 aromatic carbocycles. The molecule has 0 aromatic rings. The zero-order valence-electron chi connectivity index (χ0n) is 15.0. The smallest absolute Gasteiger partial charge is 0.219 e. The van der Waals surface area contributed by atoms with Crippen molar-refractivity contribution in [3.8, 4) is 0 Å². The van der Waals surface area contributed by atoms with Gasteiger partial charge in [-0.15, -0.1) is 0 Å². The minimum atomic E-state index is 0.239. The summed E-state index contributed by atoms with van der Waals surface area (Å²) in [6, 6.07) is 0. The van der Waals surface area contributed by atoms with Gasteiger partial charge in [0.25, 0.3) is 0 Å². The van der Waals surface area contributed by atoms with Crippen LogP contribution >= 0.6 is 0 Å². The number of carbonyl (C=O) groups is 1. The summed E-state index contributed by atoms with van der Waals surface area (Å²) < 4.78 is 0. The Bertz CT molecular complexity index is 237. The number of unbranched alkanes of at least 4 members (excludes halogenated alkanes) is 3. The van der Waals surface area contributed by atoms with Crippen LogP contribution in [0.2, 0.25) is 0 Å². The van der Waals surface area contributed by atoms with Gasteiger partial charge in [-0.3, -0.25) is 4.79 Å². The number of hydrogen-bond acceptors (Lipinski definition) is 2. The molecule has 0 aliphatic carbocycles. The zero-order valence-corrected chi connectivity index (χ0v) is 15.0. The second kappa shape index (κ2) is 14.4. The van der Waals surface area contributed by atoms with E-state index in [2.05, 4.69) is 25.7 Å². The zero-order chi connectivity index (χ0) is 15.9. The van der Waals surface area contributed by atoms with Gasteiger partial charge in [-0.2, -0.15) is 0 Å². The molecular weight excluding hydrogens is 260 g/mol. The highest BCUT2D eigenvalue weighted by molar-refractivity contribution is 5.73. The summed E-state index contributed by atoms with van der Waals surface area (Å²) in [5, 5.41) is 0. The van der Waals surface area contributed by atoms with Crippen LogP contribution in [0, 0.1) is 0 Å². The summed E-state index contributed by atoms with van der Waals surface area (Å²) in [5.74, 6) is 0.239. The van der Waals surface area contributed by atoms with E-state index in [9.17, 15) is 4.79 Å². The molecule has 1 aliphatic rings. The van der Waals surface area contributed by atoms with Gasteiger partial charge in [0.05, 0.1) is 0 Å². The predicted molar refractivity (Wildman–Crippen MR) is 92.7 cm³/mol. The third-order valence-electron chi connectivity index (χ3n) is 3.83. The monoisotopic (exact) mass is 298 g/mol. The van der Waals surface area contributed by atoms with E-state index in [1.807, 2.05) is 4.90 Å². The van der Waals surface area contributed by atoms with Crippen molar-refractivity contribution in [2.45, 2.75) is 79.1 Å². The summed E-state index contributed by atoms with van der Waals surface area (Å²) >= 11 is 0. The molecule has 1 fully saturated rings. The van der Waals surface area contributed by atoms with Crippen LogP contribution in [0.4, 0.5) is 0 Å². The standard InChI is InChI=1S/C15H30N2O.C3H8/c1-3-4-13-17(15(2)18)14-7-5-6-10-16-11-8-9-12-16;1-3-2/h3-14H2,1-2H3;3H2,1-2H3. The molecular formula is C18H38N2O. The van der Waals surface area contributed by atoms with E-state index in [1.165, 1.54) is 58.2 Å². The fourth-order valence-electron chi connectivity index (χ4n) is 2.60. The Kier molecular flexibility index (Phi) is 14.0. The molecule has 1 saturated heterocycles. The van der Waals surface area contributed by atoms with Gasteiger partial charge in [0.2, 0.25) is 5.91 Å². The van der Waals surface area contributed by atoms with Gasteiger partial charge >= 0.3 is 0 Å². The van der Waals surface area contributed by atoms with Crippen LogP contribution in [0.1, 0.15) is 79.1 Å². The lowest BCUT2D eigenvalue weighted by Gasteiger charge is -2.21. The van der Waals surface area contributed by atoms with Gasteiger partial charge in [-0.25, -0.2) is 0 Å². The van der Waals surface area contributed by atoms with Crippen LogP contribution < -0.4 is 0 Å². The molecule has 0 aromatic heterocycles. The van der Waals surface area contributed by atoms with E-state index in [4.69, 9.17) is 0 Å². The van der Waals surface area contributed by atoms with E-state index in [-0.39, 0.29) is 5.91 Å². The molecule has 0 saturated carbocycles. The number of hydrogen-bond donors (Lipinski definition) is 0. The maximum Gasteiger partial charge on any atom is 0.219 e. The van der Waals surface area contributed by atoms with Crippen LogP contribution in [0.3, 0.4) is 0 Å². The van der Waals surface area contributed by atoms with Crippen LogP contribution in [-0.4, -0.2) is 48.4 Å². The highest BCUT2D eigenvalue weighted by atomic mass is 16.2. The normalized spacial score (nSPS) is 14.7. The van der Waals surface area contributed by atoms with E-state index in [0.29, 0.717) is 0 Å². The molecule has 21 heavy (non-hydrogen) atoms. The predicted octanol–water partition coefficient (Wildman–Crippen LogP) is 4.32. The average Bonchev–Trinajstić information content (AvgIpc) is 2.95. The van der Waals surface area contributed by atoms with E-state index in [0.717, 1.165) is 25.9 Å². The third-order valence-corrected chi connectivity index (χ3v) is 3.83. The Morgan fingerprint density at radius 3 is 2.05 bits per heavy atom. The number of carbonyl (C=O) groups excluding carboxylic acids is 1. The first kappa shape index (κ1) is 20.4. The topological polar surface area (TPSA) is 23.6 Å². The van der Waals surface area contributed by atoms with Crippen molar-refractivity contribution in [2.75, 3.05) is 32.7 Å². The van der Waals surface area contributed by atoms with Crippen LogP contribution in [0.25, 0.3) is 0 Å². The number of rotatable bonds is 9. The van der Waals surface area contributed by atoms with E-state index in [1.54, 1.807) is 6.92 Å². The molecule has 0 spiro atoms. The third kappa shape index (κ3) is 11.7. The minimum Gasteiger partial charge on any atom is -0.343 e. The van der Waals surface area contributed by atoms with Gasteiger partial charge in [0, 0.05) is 20.0 Å². The second-order valence-corrected chi connectivity index (χ2v) is 6.18. The van der Waals surface area contributed by atoms with Crippen molar-refractivity contribution in [2.24, 2.45) is 0 Å². The van der Waals surface area contributed by atoms with Gasteiger partial charge in [-0.1, -0.05) is 40.0 Å².